The molecule has 2 aromatic carbocycles. The molecule has 108 valence electrons. The fourth-order valence-electron chi connectivity index (χ4n) is 2.62. The maximum atomic E-state index is 12.6. The third-order valence-corrected chi connectivity index (χ3v) is 3.67. The molecule has 0 saturated carbocycles. The highest BCUT2D eigenvalue weighted by Gasteiger charge is 2.29. The number of hydrogen-bond acceptors (Lipinski definition) is 0. The number of fused-ring (bicyclic) bond motifs is 1. The lowest BCUT2D eigenvalue weighted by molar-refractivity contribution is -0.137. The van der Waals surface area contributed by atoms with Crippen LogP contribution >= 0.6 is 0 Å². The van der Waals surface area contributed by atoms with Gasteiger partial charge >= 0.3 is 6.18 Å². The Kier molecular flexibility index (Phi) is 3.24. The van der Waals surface area contributed by atoms with Crippen LogP contribution in [0.3, 0.4) is 0 Å². The summed E-state index contributed by atoms with van der Waals surface area (Å²) >= 11 is 0. The van der Waals surface area contributed by atoms with Gasteiger partial charge in [0.1, 0.15) is 0 Å². The molecule has 0 bridgehead atoms. The third-order valence-electron chi connectivity index (χ3n) is 3.67. The fraction of sp³-hybridized carbons (Fsp3) is 0.176. The zero-order chi connectivity index (χ0) is 15.0. The van der Waals surface area contributed by atoms with Gasteiger partial charge in [0.25, 0.3) is 0 Å². The summed E-state index contributed by atoms with van der Waals surface area (Å²) < 4.78 is 37.7. The first kappa shape index (κ1) is 13.7. The van der Waals surface area contributed by atoms with E-state index in [0.717, 1.165) is 39.7 Å². The van der Waals surface area contributed by atoms with Gasteiger partial charge in [0.2, 0.25) is 0 Å². The number of benzene rings is 2. The first-order valence-corrected chi connectivity index (χ1v) is 6.67. The van der Waals surface area contributed by atoms with Crippen LogP contribution in [0.2, 0.25) is 0 Å². The van der Waals surface area contributed by atoms with E-state index in [0.29, 0.717) is 6.42 Å². The van der Waals surface area contributed by atoms with Crippen molar-refractivity contribution in [1.82, 2.24) is 4.98 Å². The first-order valence-electron chi connectivity index (χ1n) is 6.67. The molecule has 1 nitrogen and oxygen atoms in total. The second kappa shape index (κ2) is 4.95. The maximum Gasteiger partial charge on any atom is 0.416 e. The number of halogens is 3. The molecule has 0 spiro atoms. The van der Waals surface area contributed by atoms with E-state index in [1.807, 2.05) is 31.3 Å². The summed E-state index contributed by atoms with van der Waals surface area (Å²) in [7, 11) is 0. The van der Waals surface area contributed by atoms with Crippen LogP contribution in [0.15, 0.2) is 48.7 Å². The van der Waals surface area contributed by atoms with E-state index < -0.39 is 11.7 Å². The second-order valence-corrected chi connectivity index (χ2v) is 5.18. The lowest BCUT2D eigenvalue weighted by Gasteiger charge is -2.07. The van der Waals surface area contributed by atoms with Crippen LogP contribution in [-0.2, 0) is 12.6 Å². The molecule has 4 heteroatoms. The molecule has 0 radical (unpaired) electrons. The third kappa shape index (κ3) is 2.66. The molecule has 0 aliphatic heterocycles. The zero-order valence-corrected chi connectivity index (χ0v) is 11.5. The summed E-state index contributed by atoms with van der Waals surface area (Å²) in [6.45, 7) is 2.03. The number of H-pyrrole nitrogens is 1. The molecule has 0 fully saturated rings. The summed E-state index contributed by atoms with van der Waals surface area (Å²) in [5.74, 6) is 0. The van der Waals surface area contributed by atoms with Crippen molar-refractivity contribution in [3.63, 3.8) is 0 Å². The van der Waals surface area contributed by atoms with Crippen molar-refractivity contribution in [3.05, 3.63) is 70.9 Å². The van der Waals surface area contributed by atoms with Crippen LogP contribution < -0.4 is 0 Å². The normalized spacial score (nSPS) is 12.0. The molecular formula is C17H14F3N. The van der Waals surface area contributed by atoms with Crippen LogP contribution in [0, 0.1) is 6.92 Å². The van der Waals surface area contributed by atoms with Gasteiger partial charge in [0.05, 0.1) is 5.56 Å². The van der Waals surface area contributed by atoms with Crippen LogP contribution in [0.4, 0.5) is 13.2 Å². The summed E-state index contributed by atoms with van der Waals surface area (Å²) in [5, 5.41) is 1.15. The number of aromatic amines is 1. The highest BCUT2D eigenvalue weighted by molar-refractivity contribution is 5.86. The van der Waals surface area contributed by atoms with E-state index in [1.165, 1.54) is 0 Å². The minimum atomic E-state index is -4.28. The van der Waals surface area contributed by atoms with Crippen LogP contribution in [-0.4, -0.2) is 4.98 Å². The van der Waals surface area contributed by atoms with Crippen molar-refractivity contribution >= 4 is 10.9 Å². The van der Waals surface area contributed by atoms with E-state index in [9.17, 15) is 13.2 Å². The molecule has 21 heavy (non-hydrogen) atoms. The summed E-state index contributed by atoms with van der Waals surface area (Å²) in [6, 6.07) is 11.4. The van der Waals surface area contributed by atoms with Crippen LogP contribution in [0.5, 0.6) is 0 Å². The van der Waals surface area contributed by atoms with Crippen molar-refractivity contribution in [3.8, 4) is 0 Å². The van der Waals surface area contributed by atoms with E-state index in [4.69, 9.17) is 0 Å². The molecule has 0 atom stereocenters. The predicted octanol–water partition coefficient (Wildman–Crippen LogP) is 5.09. The molecule has 1 heterocycles. The number of aryl methyl sites for hydroxylation is 1. The van der Waals surface area contributed by atoms with Gasteiger partial charge in [-0.1, -0.05) is 24.3 Å². The van der Waals surface area contributed by atoms with E-state index in [-0.39, 0.29) is 0 Å². The predicted molar refractivity (Wildman–Crippen MR) is 77.3 cm³/mol. The van der Waals surface area contributed by atoms with E-state index >= 15 is 0 Å². The Morgan fingerprint density at radius 2 is 1.71 bits per heavy atom. The number of nitrogens with one attached hydrogen (secondary N) is 1. The average molecular weight is 289 g/mol. The molecule has 3 rings (SSSR count). The SMILES string of the molecule is Cc1cccc2[nH]cc(Cc3ccc(C(F)(F)F)cc3)c12. The summed E-state index contributed by atoms with van der Waals surface area (Å²) in [4.78, 5) is 3.20. The maximum absolute atomic E-state index is 12.6. The second-order valence-electron chi connectivity index (χ2n) is 5.18. The molecule has 0 unspecified atom stereocenters. The van der Waals surface area contributed by atoms with E-state index in [1.54, 1.807) is 12.1 Å². The van der Waals surface area contributed by atoms with Crippen LogP contribution in [0.1, 0.15) is 22.3 Å². The lowest BCUT2D eigenvalue weighted by Crippen LogP contribution is -2.04. The standard InChI is InChI=1S/C17H14F3N/c1-11-3-2-4-15-16(11)13(10-21-15)9-12-5-7-14(8-6-12)17(18,19)20/h2-8,10,21H,9H2,1H3. The Bertz CT molecular complexity index is 767. The highest BCUT2D eigenvalue weighted by Crippen LogP contribution is 2.30. The fourth-order valence-corrected chi connectivity index (χ4v) is 2.62. The first-order chi connectivity index (χ1) is 9.95. The van der Waals surface area contributed by atoms with Gasteiger partial charge < -0.3 is 4.98 Å². The molecule has 0 saturated heterocycles. The van der Waals surface area contributed by atoms with Gasteiger partial charge in [-0.3, -0.25) is 0 Å². The Morgan fingerprint density at radius 3 is 2.38 bits per heavy atom. The molecule has 0 aliphatic rings. The zero-order valence-electron chi connectivity index (χ0n) is 11.5. The molecule has 0 aliphatic carbocycles. The molecule has 0 amide bonds. The summed E-state index contributed by atoms with van der Waals surface area (Å²) in [6.07, 6.45) is -1.74. The molecule has 1 N–H and O–H groups in total. The molecule has 1 aromatic heterocycles. The Balaban J connectivity index is 1.92. The van der Waals surface area contributed by atoms with Crippen molar-refractivity contribution in [1.29, 1.82) is 0 Å². The van der Waals surface area contributed by atoms with E-state index in [2.05, 4.69) is 4.98 Å². The number of aromatic nitrogens is 1. The van der Waals surface area contributed by atoms with Crippen molar-refractivity contribution < 1.29 is 13.2 Å². The highest BCUT2D eigenvalue weighted by atomic mass is 19.4. The largest absolute Gasteiger partial charge is 0.416 e. The van der Waals surface area contributed by atoms with Crippen molar-refractivity contribution in [2.24, 2.45) is 0 Å². The topological polar surface area (TPSA) is 15.8 Å². The van der Waals surface area contributed by atoms with Gasteiger partial charge in [-0.05, 0) is 48.2 Å². The summed E-state index contributed by atoms with van der Waals surface area (Å²) in [5.41, 5.74) is 3.57. The minimum Gasteiger partial charge on any atom is -0.361 e. The monoisotopic (exact) mass is 289 g/mol. The van der Waals surface area contributed by atoms with Crippen molar-refractivity contribution in [2.75, 3.05) is 0 Å². The average Bonchev–Trinajstić information content (AvgIpc) is 2.83. The smallest absolute Gasteiger partial charge is 0.361 e. The number of alkyl halides is 3. The Labute approximate surface area is 120 Å². The molecule has 3 aromatic rings. The minimum absolute atomic E-state index is 0.610. The van der Waals surface area contributed by atoms with Gasteiger partial charge in [-0.2, -0.15) is 13.2 Å². The molecular weight excluding hydrogens is 275 g/mol. The van der Waals surface area contributed by atoms with Gasteiger partial charge in [-0.25, -0.2) is 0 Å². The quantitative estimate of drug-likeness (QED) is 0.676. The number of rotatable bonds is 2. The number of hydrogen-bond donors (Lipinski definition) is 1. The van der Waals surface area contributed by atoms with Crippen molar-refractivity contribution in [2.45, 2.75) is 19.5 Å². The Hall–Kier alpha value is -2.23. The van der Waals surface area contributed by atoms with Gasteiger partial charge in [0.15, 0.2) is 0 Å². The van der Waals surface area contributed by atoms with Gasteiger partial charge in [0, 0.05) is 17.1 Å². The van der Waals surface area contributed by atoms with Crippen LogP contribution in [0.25, 0.3) is 10.9 Å². The van der Waals surface area contributed by atoms with Gasteiger partial charge in [-0.15, -0.1) is 0 Å². The lowest BCUT2D eigenvalue weighted by atomic mass is 10.0. The Morgan fingerprint density at radius 1 is 1.00 bits per heavy atom.